The number of amides is 3. The van der Waals surface area contributed by atoms with Crippen LogP contribution in [0.25, 0.3) is 0 Å². The van der Waals surface area contributed by atoms with Gasteiger partial charge in [0.25, 0.3) is 5.91 Å². The Morgan fingerprint density at radius 2 is 2.00 bits per heavy atom. The lowest BCUT2D eigenvalue weighted by molar-refractivity contribution is -0.126. The fourth-order valence-corrected chi connectivity index (χ4v) is 1.43. The predicted octanol–water partition coefficient (Wildman–Crippen LogP) is 0.655. The van der Waals surface area contributed by atoms with E-state index in [4.69, 9.17) is 15.6 Å². The Hall–Kier alpha value is -2.57. The second-order valence-corrected chi connectivity index (χ2v) is 3.90. The number of nitrogens with two attached hydrogens (primary N) is 1. The summed E-state index contributed by atoms with van der Waals surface area (Å²) in [7, 11) is 0. The number of aryl methyl sites for hydroxylation is 1. The van der Waals surface area contributed by atoms with E-state index < -0.39 is 24.0 Å². The first-order valence-electron chi connectivity index (χ1n) is 5.42. The molecule has 0 heterocycles. The molecule has 102 valence electrons. The molecule has 0 fully saturated rings. The summed E-state index contributed by atoms with van der Waals surface area (Å²) in [5.41, 5.74) is 5.47. The Balaban J connectivity index is 2.78. The molecule has 0 bridgehead atoms. The molecule has 0 aliphatic carbocycles. The van der Waals surface area contributed by atoms with Gasteiger partial charge in [0.15, 0.2) is 6.10 Å². The molecule has 1 aromatic carbocycles. The van der Waals surface area contributed by atoms with Crippen LogP contribution in [0.4, 0.5) is 4.79 Å². The predicted molar refractivity (Wildman–Crippen MR) is 66.0 cm³/mol. The van der Waals surface area contributed by atoms with Crippen molar-refractivity contribution in [3.05, 3.63) is 29.3 Å². The summed E-state index contributed by atoms with van der Waals surface area (Å²) in [5, 5.41) is 10.8. The fourth-order valence-electron chi connectivity index (χ4n) is 1.43. The number of imide groups is 1. The summed E-state index contributed by atoms with van der Waals surface area (Å²) in [5.74, 6) is -1.38. The van der Waals surface area contributed by atoms with Crippen LogP contribution in [-0.2, 0) is 4.79 Å². The second kappa shape index (κ2) is 5.85. The van der Waals surface area contributed by atoms with Crippen LogP contribution in [0.3, 0.4) is 0 Å². The number of benzene rings is 1. The summed E-state index contributed by atoms with van der Waals surface area (Å²) in [6.45, 7) is 3.06. The second-order valence-electron chi connectivity index (χ2n) is 3.90. The van der Waals surface area contributed by atoms with E-state index in [1.165, 1.54) is 25.1 Å². The highest BCUT2D eigenvalue weighted by Gasteiger charge is 2.17. The number of carbonyl (C=O) groups is 3. The average molecular weight is 266 g/mol. The summed E-state index contributed by atoms with van der Waals surface area (Å²) in [6.07, 6.45) is -0.928. The molecule has 0 aromatic heterocycles. The van der Waals surface area contributed by atoms with Gasteiger partial charge in [-0.25, -0.2) is 9.59 Å². The highest BCUT2D eigenvalue weighted by atomic mass is 16.5. The maximum atomic E-state index is 11.4. The number of urea groups is 1. The summed E-state index contributed by atoms with van der Waals surface area (Å²) in [4.78, 5) is 32.7. The Morgan fingerprint density at radius 3 is 2.47 bits per heavy atom. The van der Waals surface area contributed by atoms with E-state index in [1.807, 2.05) is 5.32 Å². The number of carbonyl (C=O) groups excluding carboxylic acids is 2. The van der Waals surface area contributed by atoms with Crippen LogP contribution in [0.5, 0.6) is 5.75 Å². The van der Waals surface area contributed by atoms with Gasteiger partial charge in [0.2, 0.25) is 0 Å². The van der Waals surface area contributed by atoms with Crippen molar-refractivity contribution < 1.29 is 24.2 Å². The first kappa shape index (κ1) is 14.5. The molecule has 0 aliphatic heterocycles. The van der Waals surface area contributed by atoms with E-state index in [2.05, 4.69) is 0 Å². The van der Waals surface area contributed by atoms with Gasteiger partial charge in [-0.2, -0.15) is 0 Å². The molecule has 0 saturated carbocycles. The molecule has 0 saturated heterocycles. The van der Waals surface area contributed by atoms with Crippen LogP contribution < -0.4 is 15.8 Å². The minimum Gasteiger partial charge on any atom is -0.481 e. The SMILES string of the molecule is Cc1cc(OC(C)C(=O)NC(N)=O)ccc1C(=O)O. The number of primary amides is 1. The zero-order valence-corrected chi connectivity index (χ0v) is 10.5. The first-order valence-corrected chi connectivity index (χ1v) is 5.42. The fraction of sp³-hybridized carbons (Fsp3) is 0.250. The molecule has 1 aromatic rings. The van der Waals surface area contributed by atoms with Crippen molar-refractivity contribution in [2.24, 2.45) is 5.73 Å². The van der Waals surface area contributed by atoms with Gasteiger partial charge in [-0.3, -0.25) is 10.1 Å². The molecule has 0 aliphatic rings. The van der Waals surface area contributed by atoms with Crippen molar-refractivity contribution in [1.29, 1.82) is 0 Å². The van der Waals surface area contributed by atoms with Crippen LogP contribution in [0.1, 0.15) is 22.8 Å². The summed E-state index contributed by atoms with van der Waals surface area (Å²) < 4.78 is 5.28. The van der Waals surface area contributed by atoms with Crippen LogP contribution in [-0.4, -0.2) is 29.1 Å². The van der Waals surface area contributed by atoms with Gasteiger partial charge in [-0.15, -0.1) is 0 Å². The lowest BCUT2D eigenvalue weighted by atomic mass is 10.1. The number of hydrogen-bond acceptors (Lipinski definition) is 4. The highest BCUT2D eigenvalue weighted by Crippen LogP contribution is 2.18. The van der Waals surface area contributed by atoms with Crippen LogP contribution in [0.2, 0.25) is 0 Å². The van der Waals surface area contributed by atoms with Gasteiger partial charge in [0, 0.05) is 0 Å². The molecule has 4 N–H and O–H groups in total. The van der Waals surface area contributed by atoms with Gasteiger partial charge in [-0.1, -0.05) is 0 Å². The third-order valence-electron chi connectivity index (χ3n) is 2.36. The molecule has 1 unspecified atom stereocenters. The van der Waals surface area contributed by atoms with Crippen molar-refractivity contribution in [3.63, 3.8) is 0 Å². The Kier molecular flexibility index (Phi) is 4.46. The molecule has 1 rings (SSSR count). The number of hydrogen-bond donors (Lipinski definition) is 3. The van der Waals surface area contributed by atoms with Gasteiger partial charge < -0.3 is 15.6 Å². The summed E-state index contributed by atoms with van der Waals surface area (Å²) in [6, 6.07) is 3.35. The van der Waals surface area contributed by atoms with E-state index in [1.54, 1.807) is 6.92 Å². The number of nitrogens with one attached hydrogen (secondary N) is 1. The normalized spacial score (nSPS) is 11.5. The molecular formula is C12H14N2O5. The van der Waals surface area contributed by atoms with Crippen molar-refractivity contribution in [1.82, 2.24) is 5.32 Å². The maximum Gasteiger partial charge on any atom is 0.335 e. The smallest absolute Gasteiger partial charge is 0.335 e. The molecule has 7 heteroatoms. The van der Waals surface area contributed by atoms with Gasteiger partial charge in [0.05, 0.1) is 5.56 Å². The quantitative estimate of drug-likeness (QED) is 0.739. The van der Waals surface area contributed by atoms with Crippen molar-refractivity contribution in [2.45, 2.75) is 20.0 Å². The zero-order valence-electron chi connectivity index (χ0n) is 10.5. The van der Waals surface area contributed by atoms with E-state index >= 15 is 0 Å². The minimum atomic E-state index is -1.04. The van der Waals surface area contributed by atoms with Crippen LogP contribution >= 0.6 is 0 Å². The molecule has 0 radical (unpaired) electrons. The summed E-state index contributed by atoms with van der Waals surface area (Å²) >= 11 is 0. The van der Waals surface area contributed by atoms with Crippen molar-refractivity contribution in [2.75, 3.05) is 0 Å². The monoisotopic (exact) mass is 266 g/mol. The molecule has 1 atom stereocenters. The Morgan fingerprint density at radius 1 is 1.37 bits per heavy atom. The van der Waals surface area contributed by atoms with E-state index in [-0.39, 0.29) is 5.56 Å². The Bertz CT molecular complexity index is 527. The molecule has 3 amide bonds. The van der Waals surface area contributed by atoms with Gasteiger partial charge in [-0.05, 0) is 37.6 Å². The van der Waals surface area contributed by atoms with Gasteiger partial charge in [0.1, 0.15) is 5.75 Å². The number of carboxylic acids is 1. The van der Waals surface area contributed by atoms with Crippen LogP contribution in [0.15, 0.2) is 18.2 Å². The third-order valence-corrected chi connectivity index (χ3v) is 2.36. The topological polar surface area (TPSA) is 119 Å². The zero-order chi connectivity index (χ0) is 14.6. The van der Waals surface area contributed by atoms with Gasteiger partial charge >= 0.3 is 12.0 Å². The highest BCUT2D eigenvalue weighted by molar-refractivity contribution is 5.95. The molecular weight excluding hydrogens is 252 g/mol. The van der Waals surface area contributed by atoms with E-state index in [0.29, 0.717) is 11.3 Å². The standard InChI is InChI=1S/C12H14N2O5/c1-6-5-8(3-4-9(6)11(16)17)19-7(2)10(15)14-12(13)18/h3-5,7H,1-2H3,(H,16,17)(H3,13,14,15,18). The van der Waals surface area contributed by atoms with Crippen LogP contribution in [0, 0.1) is 6.92 Å². The average Bonchev–Trinajstić information content (AvgIpc) is 2.27. The maximum absolute atomic E-state index is 11.4. The third kappa shape index (κ3) is 3.98. The number of rotatable bonds is 4. The van der Waals surface area contributed by atoms with E-state index in [9.17, 15) is 14.4 Å². The molecule has 19 heavy (non-hydrogen) atoms. The van der Waals surface area contributed by atoms with Crippen molar-refractivity contribution >= 4 is 17.9 Å². The lowest BCUT2D eigenvalue weighted by Crippen LogP contribution is -2.42. The number of aromatic carboxylic acids is 1. The number of ether oxygens (including phenoxy) is 1. The molecule has 0 spiro atoms. The molecule has 7 nitrogen and oxygen atoms in total. The largest absolute Gasteiger partial charge is 0.481 e. The minimum absolute atomic E-state index is 0.154. The van der Waals surface area contributed by atoms with Crippen molar-refractivity contribution in [3.8, 4) is 5.75 Å². The van der Waals surface area contributed by atoms with E-state index in [0.717, 1.165) is 0 Å². The number of carboxylic acid groups (broad SMARTS) is 1. The Labute approximate surface area is 109 Å². The first-order chi connectivity index (χ1) is 8.81. The lowest BCUT2D eigenvalue weighted by Gasteiger charge is -2.14.